The van der Waals surface area contributed by atoms with E-state index in [4.69, 9.17) is 5.11 Å². The van der Waals surface area contributed by atoms with Crippen LogP contribution in [0, 0.1) is 0 Å². The number of aliphatic hydroxyl groups excluding tert-OH is 1. The number of hydrogen-bond acceptors (Lipinski definition) is 4. The van der Waals surface area contributed by atoms with Crippen molar-refractivity contribution in [3.05, 3.63) is 42.2 Å². The van der Waals surface area contributed by atoms with Crippen LogP contribution < -0.4 is 5.32 Å². The van der Waals surface area contributed by atoms with Crippen molar-refractivity contribution in [3.63, 3.8) is 0 Å². The predicted octanol–water partition coefficient (Wildman–Crippen LogP) is 1.08. The molecule has 3 N–H and O–H groups in total. The molecule has 1 aromatic heterocycles. The molecule has 0 aliphatic carbocycles. The van der Waals surface area contributed by atoms with Crippen molar-refractivity contribution in [1.82, 2.24) is 15.1 Å². The summed E-state index contributed by atoms with van der Waals surface area (Å²) in [6.07, 6.45) is 1.37. The molecule has 6 nitrogen and oxygen atoms in total. The molecule has 1 aromatic carbocycles. The van der Waals surface area contributed by atoms with E-state index in [2.05, 4.69) is 10.4 Å². The summed E-state index contributed by atoms with van der Waals surface area (Å²) in [5.74, 6) is -0.740. The highest BCUT2D eigenvalue weighted by atomic mass is 16.3. The molecule has 0 saturated heterocycles. The van der Waals surface area contributed by atoms with Crippen LogP contribution in [0.2, 0.25) is 0 Å². The molecule has 0 aliphatic heterocycles. The fraction of sp³-hybridized carbons (Fsp3) is 0.286. The zero-order valence-corrected chi connectivity index (χ0v) is 11.4. The number of nitrogens with zero attached hydrogens (tertiary/aromatic N) is 2. The Bertz CT molecular complexity index is 605. The summed E-state index contributed by atoms with van der Waals surface area (Å²) in [5.41, 5.74) is -0.112. The molecule has 0 atom stereocenters. The number of para-hydroxylation sites is 1. The molecule has 2 rings (SSSR count). The largest absolute Gasteiger partial charge is 0.504 e. The number of rotatable bonds is 4. The number of nitrogens with one attached hydrogen (secondary N) is 1. The molecule has 0 bridgehead atoms. The van der Waals surface area contributed by atoms with E-state index in [1.54, 1.807) is 13.8 Å². The van der Waals surface area contributed by atoms with Crippen LogP contribution in [0.5, 0.6) is 5.75 Å². The highest BCUT2D eigenvalue weighted by Crippen LogP contribution is 2.18. The fourth-order valence-electron chi connectivity index (χ4n) is 1.65. The van der Waals surface area contributed by atoms with Gasteiger partial charge in [-0.25, -0.2) is 4.68 Å². The van der Waals surface area contributed by atoms with Crippen molar-refractivity contribution in [2.45, 2.75) is 19.4 Å². The Morgan fingerprint density at radius 1 is 1.35 bits per heavy atom. The lowest BCUT2D eigenvalue weighted by Gasteiger charge is -2.22. The first kappa shape index (κ1) is 14.1. The van der Waals surface area contributed by atoms with Crippen LogP contribution in [0.4, 0.5) is 0 Å². The summed E-state index contributed by atoms with van der Waals surface area (Å²) in [6, 6.07) is 9.16. The van der Waals surface area contributed by atoms with E-state index < -0.39 is 11.4 Å². The third-order valence-corrected chi connectivity index (χ3v) is 2.78. The fourth-order valence-corrected chi connectivity index (χ4v) is 1.65. The van der Waals surface area contributed by atoms with Gasteiger partial charge in [-0.1, -0.05) is 18.2 Å². The van der Waals surface area contributed by atoms with Crippen LogP contribution in [0.3, 0.4) is 0 Å². The average Bonchev–Trinajstić information content (AvgIpc) is 2.81. The third kappa shape index (κ3) is 2.97. The number of carbonyl (C=O) groups excluding carboxylic acids is 1. The number of benzene rings is 1. The molecule has 0 fully saturated rings. The normalized spacial score (nSPS) is 11.3. The number of aromatic hydroxyl groups is 1. The van der Waals surface area contributed by atoms with Gasteiger partial charge >= 0.3 is 0 Å². The Balaban J connectivity index is 2.26. The monoisotopic (exact) mass is 275 g/mol. The van der Waals surface area contributed by atoms with Gasteiger partial charge in [0.15, 0.2) is 11.4 Å². The van der Waals surface area contributed by atoms with Gasteiger partial charge < -0.3 is 15.5 Å². The van der Waals surface area contributed by atoms with Crippen molar-refractivity contribution >= 4 is 5.91 Å². The molecular formula is C14H17N3O3. The van der Waals surface area contributed by atoms with Crippen LogP contribution >= 0.6 is 0 Å². The van der Waals surface area contributed by atoms with Gasteiger partial charge in [-0.3, -0.25) is 4.79 Å². The standard InChI is InChI=1S/C14H17N3O3/c1-14(2,9-18)15-13(20)12-11(19)8-17(16-12)10-6-4-3-5-7-10/h3-8,18-19H,9H2,1-2H3,(H,15,20). The van der Waals surface area contributed by atoms with Crippen molar-refractivity contribution < 1.29 is 15.0 Å². The SMILES string of the molecule is CC(C)(CO)NC(=O)c1nn(-c2ccccc2)cc1O. The van der Waals surface area contributed by atoms with E-state index in [0.29, 0.717) is 0 Å². The lowest BCUT2D eigenvalue weighted by atomic mass is 10.1. The number of hydrogen-bond donors (Lipinski definition) is 3. The van der Waals surface area contributed by atoms with Gasteiger partial charge in [-0.15, -0.1) is 0 Å². The van der Waals surface area contributed by atoms with Crippen LogP contribution in [-0.4, -0.2) is 38.0 Å². The molecule has 106 valence electrons. The highest BCUT2D eigenvalue weighted by Gasteiger charge is 2.24. The topological polar surface area (TPSA) is 87.4 Å². The van der Waals surface area contributed by atoms with Gasteiger partial charge in [0.25, 0.3) is 5.91 Å². The first-order valence-electron chi connectivity index (χ1n) is 6.20. The number of aromatic nitrogens is 2. The van der Waals surface area contributed by atoms with Gasteiger partial charge in [0.1, 0.15) is 0 Å². The van der Waals surface area contributed by atoms with Crippen molar-refractivity contribution in [2.24, 2.45) is 0 Å². The summed E-state index contributed by atoms with van der Waals surface area (Å²) in [5, 5.41) is 25.6. The van der Waals surface area contributed by atoms with Crippen LogP contribution in [0.15, 0.2) is 36.5 Å². The van der Waals surface area contributed by atoms with Crippen LogP contribution in [0.25, 0.3) is 5.69 Å². The molecule has 1 heterocycles. The minimum Gasteiger partial charge on any atom is -0.504 e. The maximum atomic E-state index is 12.0. The summed E-state index contributed by atoms with van der Waals surface area (Å²) >= 11 is 0. The quantitative estimate of drug-likeness (QED) is 0.779. The molecule has 2 aromatic rings. The molecule has 0 radical (unpaired) electrons. The van der Waals surface area contributed by atoms with Gasteiger partial charge in [0.2, 0.25) is 0 Å². The lowest BCUT2D eigenvalue weighted by molar-refractivity contribution is 0.0861. The van der Waals surface area contributed by atoms with Crippen molar-refractivity contribution in [1.29, 1.82) is 0 Å². The Kier molecular flexibility index (Phi) is 3.76. The smallest absolute Gasteiger partial charge is 0.276 e. The van der Waals surface area contributed by atoms with Crippen LogP contribution in [0.1, 0.15) is 24.3 Å². The second-order valence-corrected chi connectivity index (χ2v) is 5.14. The van der Waals surface area contributed by atoms with E-state index in [1.807, 2.05) is 30.3 Å². The minimum atomic E-state index is -0.778. The molecular weight excluding hydrogens is 258 g/mol. The van der Waals surface area contributed by atoms with E-state index >= 15 is 0 Å². The Hall–Kier alpha value is -2.34. The molecule has 0 aliphatic rings. The molecule has 0 saturated carbocycles. The minimum absolute atomic E-state index is 0.0737. The Morgan fingerprint density at radius 2 is 2.00 bits per heavy atom. The first-order valence-corrected chi connectivity index (χ1v) is 6.20. The molecule has 6 heteroatoms. The maximum Gasteiger partial charge on any atom is 0.276 e. The summed E-state index contributed by atoms with van der Waals surface area (Å²) < 4.78 is 1.43. The Labute approximate surface area is 116 Å². The molecule has 20 heavy (non-hydrogen) atoms. The zero-order valence-electron chi connectivity index (χ0n) is 11.4. The maximum absolute atomic E-state index is 12.0. The van der Waals surface area contributed by atoms with Gasteiger partial charge in [-0.2, -0.15) is 5.10 Å². The number of carbonyl (C=O) groups is 1. The van der Waals surface area contributed by atoms with Crippen molar-refractivity contribution in [3.8, 4) is 11.4 Å². The first-order chi connectivity index (χ1) is 9.43. The van der Waals surface area contributed by atoms with Gasteiger partial charge in [-0.05, 0) is 26.0 Å². The van der Waals surface area contributed by atoms with Crippen molar-refractivity contribution in [2.75, 3.05) is 6.61 Å². The summed E-state index contributed by atoms with van der Waals surface area (Å²) in [6.45, 7) is 3.14. The van der Waals surface area contributed by atoms with E-state index in [-0.39, 0.29) is 18.1 Å². The predicted molar refractivity (Wildman–Crippen MR) is 73.9 cm³/mol. The van der Waals surface area contributed by atoms with E-state index in [0.717, 1.165) is 5.69 Å². The number of aliphatic hydroxyl groups is 1. The molecule has 0 unspecified atom stereocenters. The van der Waals surface area contributed by atoms with E-state index in [9.17, 15) is 9.90 Å². The van der Waals surface area contributed by atoms with E-state index in [1.165, 1.54) is 10.9 Å². The highest BCUT2D eigenvalue weighted by molar-refractivity contribution is 5.95. The second-order valence-electron chi connectivity index (χ2n) is 5.14. The van der Waals surface area contributed by atoms with Crippen LogP contribution in [-0.2, 0) is 0 Å². The summed E-state index contributed by atoms with van der Waals surface area (Å²) in [4.78, 5) is 12.0. The molecule has 1 amide bonds. The summed E-state index contributed by atoms with van der Waals surface area (Å²) in [7, 11) is 0. The third-order valence-electron chi connectivity index (χ3n) is 2.78. The van der Waals surface area contributed by atoms with Gasteiger partial charge in [0, 0.05) is 0 Å². The lowest BCUT2D eigenvalue weighted by Crippen LogP contribution is -2.46. The second kappa shape index (κ2) is 5.34. The number of amides is 1. The Morgan fingerprint density at radius 3 is 2.60 bits per heavy atom. The van der Waals surface area contributed by atoms with Gasteiger partial charge in [0.05, 0.1) is 24.0 Å². The average molecular weight is 275 g/mol. The zero-order chi connectivity index (χ0) is 14.8. The molecule has 0 spiro atoms.